The van der Waals surface area contributed by atoms with Crippen LogP contribution in [0.1, 0.15) is 0 Å². The number of nitrogen functional groups attached to an aromatic ring is 1. The third-order valence-electron chi connectivity index (χ3n) is 4.97. The Morgan fingerprint density at radius 2 is 1.16 bits per heavy atom. The topological polar surface area (TPSA) is 26.0 Å². The molecule has 0 saturated carbocycles. The van der Waals surface area contributed by atoms with Crippen LogP contribution in [-0.4, -0.2) is 0 Å². The molecular weight excluding hydrogens is 302 g/mol. The highest BCUT2D eigenvalue weighted by Gasteiger charge is 2.10. The summed E-state index contributed by atoms with van der Waals surface area (Å²) in [6, 6.07) is 32.1. The summed E-state index contributed by atoms with van der Waals surface area (Å²) in [5.74, 6) is 0. The first kappa shape index (κ1) is 14.1. The van der Waals surface area contributed by atoms with E-state index in [2.05, 4.69) is 78.9 Å². The van der Waals surface area contributed by atoms with Gasteiger partial charge in [-0.05, 0) is 61.6 Å². The Kier molecular flexibility index (Phi) is 3.01. The fraction of sp³-hybridized carbons (Fsp3) is 0. The van der Waals surface area contributed by atoms with Gasteiger partial charge in [-0.3, -0.25) is 0 Å². The Labute approximate surface area is 146 Å². The van der Waals surface area contributed by atoms with E-state index in [-0.39, 0.29) is 0 Å². The summed E-state index contributed by atoms with van der Waals surface area (Å²) in [5.41, 5.74) is 9.11. The van der Waals surface area contributed by atoms with E-state index < -0.39 is 0 Å². The lowest BCUT2D eigenvalue weighted by Gasteiger charge is -2.13. The average Bonchev–Trinajstić information content (AvgIpc) is 2.67. The van der Waals surface area contributed by atoms with Crippen LogP contribution in [0.3, 0.4) is 0 Å². The zero-order chi connectivity index (χ0) is 16.8. The molecular formula is C24H17N. The molecule has 0 atom stereocenters. The first-order chi connectivity index (χ1) is 12.3. The molecule has 1 nitrogen and oxygen atoms in total. The van der Waals surface area contributed by atoms with Gasteiger partial charge in [0, 0.05) is 5.69 Å². The molecule has 5 aromatic rings. The van der Waals surface area contributed by atoms with Crippen LogP contribution in [0, 0.1) is 0 Å². The molecule has 0 fully saturated rings. The smallest absolute Gasteiger partial charge is 0.0314 e. The summed E-state index contributed by atoms with van der Waals surface area (Å²) in [5, 5.41) is 7.75. The van der Waals surface area contributed by atoms with E-state index >= 15 is 0 Å². The van der Waals surface area contributed by atoms with Crippen molar-refractivity contribution in [1.82, 2.24) is 0 Å². The van der Waals surface area contributed by atoms with Gasteiger partial charge in [0.1, 0.15) is 0 Å². The molecule has 0 bridgehead atoms. The van der Waals surface area contributed by atoms with Crippen LogP contribution in [-0.2, 0) is 0 Å². The van der Waals surface area contributed by atoms with Gasteiger partial charge in [0.15, 0.2) is 0 Å². The number of nitrogens with two attached hydrogens (primary N) is 1. The largest absolute Gasteiger partial charge is 0.399 e. The molecule has 0 saturated heterocycles. The molecule has 5 rings (SSSR count). The lowest BCUT2D eigenvalue weighted by atomic mass is 9.91. The highest BCUT2D eigenvalue weighted by Crippen LogP contribution is 2.38. The van der Waals surface area contributed by atoms with Crippen molar-refractivity contribution in [3.63, 3.8) is 0 Å². The molecule has 0 amide bonds. The quantitative estimate of drug-likeness (QED) is 0.281. The highest BCUT2D eigenvalue weighted by molar-refractivity contribution is 6.23. The van der Waals surface area contributed by atoms with Crippen molar-refractivity contribution in [1.29, 1.82) is 0 Å². The van der Waals surface area contributed by atoms with E-state index in [1.807, 2.05) is 12.1 Å². The number of hydrogen-bond donors (Lipinski definition) is 1. The Morgan fingerprint density at radius 1 is 0.520 bits per heavy atom. The molecule has 1 heteroatoms. The SMILES string of the molecule is Nc1ccc(-c2cc3ccc4ccccc4c3c3ccccc23)cc1. The molecule has 0 aliphatic rings. The van der Waals surface area contributed by atoms with Gasteiger partial charge in [-0.15, -0.1) is 0 Å². The summed E-state index contributed by atoms with van der Waals surface area (Å²) in [6.45, 7) is 0. The van der Waals surface area contributed by atoms with Crippen molar-refractivity contribution >= 4 is 38.0 Å². The normalized spacial score (nSPS) is 11.4. The van der Waals surface area contributed by atoms with Crippen LogP contribution < -0.4 is 5.73 Å². The monoisotopic (exact) mass is 319 g/mol. The lowest BCUT2D eigenvalue weighted by Crippen LogP contribution is -1.87. The molecule has 118 valence electrons. The number of benzene rings is 5. The second-order valence-electron chi connectivity index (χ2n) is 6.48. The molecule has 25 heavy (non-hydrogen) atoms. The van der Waals surface area contributed by atoms with Crippen molar-refractivity contribution in [2.75, 3.05) is 5.73 Å². The average molecular weight is 319 g/mol. The van der Waals surface area contributed by atoms with Crippen LogP contribution in [0.25, 0.3) is 43.4 Å². The van der Waals surface area contributed by atoms with E-state index in [1.165, 1.54) is 43.4 Å². The van der Waals surface area contributed by atoms with Crippen LogP contribution in [0.15, 0.2) is 91.0 Å². The predicted molar refractivity (Wildman–Crippen MR) is 109 cm³/mol. The van der Waals surface area contributed by atoms with Crippen molar-refractivity contribution in [3.8, 4) is 11.1 Å². The standard InChI is InChI=1S/C24H17N/c25-19-13-11-17(12-14-19)23-15-18-10-9-16-5-1-2-6-20(16)24(18)22-8-4-3-7-21(22)23/h1-15H,25H2. The lowest BCUT2D eigenvalue weighted by molar-refractivity contribution is 1.65. The molecule has 2 N–H and O–H groups in total. The fourth-order valence-corrected chi connectivity index (χ4v) is 3.78. The molecule has 0 heterocycles. The van der Waals surface area contributed by atoms with Crippen molar-refractivity contribution in [2.24, 2.45) is 0 Å². The number of anilines is 1. The van der Waals surface area contributed by atoms with Crippen molar-refractivity contribution in [3.05, 3.63) is 91.0 Å². The Hall–Kier alpha value is -3.32. The zero-order valence-electron chi connectivity index (χ0n) is 13.7. The van der Waals surface area contributed by atoms with Gasteiger partial charge in [0.25, 0.3) is 0 Å². The van der Waals surface area contributed by atoms with Crippen LogP contribution in [0.2, 0.25) is 0 Å². The summed E-state index contributed by atoms with van der Waals surface area (Å²) in [4.78, 5) is 0. The maximum Gasteiger partial charge on any atom is 0.0314 e. The minimum Gasteiger partial charge on any atom is -0.399 e. The van der Waals surface area contributed by atoms with Crippen molar-refractivity contribution in [2.45, 2.75) is 0 Å². The summed E-state index contributed by atoms with van der Waals surface area (Å²) < 4.78 is 0. The second kappa shape index (κ2) is 5.35. The van der Waals surface area contributed by atoms with Gasteiger partial charge < -0.3 is 5.73 Å². The zero-order valence-corrected chi connectivity index (χ0v) is 13.7. The third kappa shape index (κ3) is 2.17. The number of rotatable bonds is 1. The van der Waals surface area contributed by atoms with Crippen LogP contribution >= 0.6 is 0 Å². The predicted octanol–water partition coefficient (Wildman–Crippen LogP) is 6.40. The molecule has 0 unspecified atom stereocenters. The van der Waals surface area contributed by atoms with E-state index in [1.54, 1.807) is 0 Å². The van der Waals surface area contributed by atoms with Gasteiger partial charge in [0.2, 0.25) is 0 Å². The van der Waals surface area contributed by atoms with Gasteiger partial charge in [0.05, 0.1) is 0 Å². The molecule has 0 aliphatic carbocycles. The highest BCUT2D eigenvalue weighted by atomic mass is 14.5. The summed E-state index contributed by atoms with van der Waals surface area (Å²) >= 11 is 0. The van der Waals surface area contributed by atoms with E-state index in [9.17, 15) is 0 Å². The maximum absolute atomic E-state index is 5.87. The maximum atomic E-state index is 5.87. The van der Waals surface area contributed by atoms with Gasteiger partial charge in [-0.2, -0.15) is 0 Å². The van der Waals surface area contributed by atoms with E-state index in [4.69, 9.17) is 5.73 Å². The molecule has 0 aliphatic heterocycles. The summed E-state index contributed by atoms with van der Waals surface area (Å²) in [6.07, 6.45) is 0. The number of hydrogen-bond acceptors (Lipinski definition) is 1. The summed E-state index contributed by atoms with van der Waals surface area (Å²) in [7, 11) is 0. The first-order valence-corrected chi connectivity index (χ1v) is 8.50. The third-order valence-corrected chi connectivity index (χ3v) is 4.97. The Bertz CT molecular complexity index is 1230. The van der Waals surface area contributed by atoms with Gasteiger partial charge in [-0.25, -0.2) is 0 Å². The van der Waals surface area contributed by atoms with Gasteiger partial charge in [-0.1, -0.05) is 72.8 Å². The minimum atomic E-state index is 0.792. The van der Waals surface area contributed by atoms with E-state index in [0.29, 0.717) is 0 Å². The fourth-order valence-electron chi connectivity index (χ4n) is 3.78. The molecule has 0 aromatic heterocycles. The molecule has 0 spiro atoms. The van der Waals surface area contributed by atoms with Gasteiger partial charge >= 0.3 is 0 Å². The minimum absolute atomic E-state index is 0.792. The molecule has 5 aromatic carbocycles. The molecule has 0 radical (unpaired) electrons. The second-order valence-corrected chi connectivity index (χ2v) is 6.48. The van der Waals surface area contributed by atoms with Crippen LogP contribution in [0.4, 0.5) is 5.69 Å². The number of fused-ring (bicyclic) bond motifs is 5. The van der Waals surface area contributed by atoms with Crippen LogP contribution in [0.5, 0.6) is 0 Å². The Morgan fingerprint density at radius 3 is 1.96 bits per heavy atom. The van der Waals surface area contributed by atoms with Crippen molar-refractivity contribution < 1.29 is 0 Å². The Balaban J connectivity index is 1.97. The first-order valence-electron chi connectivity index (χ1n) is 8.50. The van der Waals surface area contributed by atoms with E-state index in [0.717, 1.165) is 5.69 Å².